The first kappa shape index (κ1) is 15.8. The number of hydrogen-bond acceptors (Lipinski definition) is 3. The highest BCUT2D eigenvalue weighted by Gasteiger charge is 2.15. The Morgan fingerprint density at radius 2 is 1.71 bits per heavy atom. The SMILES string of the molecule is Cc1cc(S(=O)(=O)Cl)cc(C)c1OCc1ccccc1F. The maximum atomic E-state index is 13.5. The number of ether oxygens (including phenoxy) is 1. The Balaban J connectivity index is 2.28. The van der Waals surface area contributed by atoms with Gasteiger partial charge < -0.3 is 4.74 Å². The number of benzene rings is 2. The summed E-state index contributed by atoms with van der Waals surface area (Å²) in [7, 11) is 1.55. The molecule has 0 fully saturated rings. The van der Waals surface area contributed by atoms with Crippen LogP contribution < -0.4 is 4.74 Å². The van der Waals surface area contributed by atoms with E-state index >= 15 is 0 Å². The van der Waals surface area contributed by atoms with Gasteiger partial charge in [-0.3, -0.25) is 0 Å². The molecule has 0 saturated heterocycles. The topological polar surface area (TPSA) is 43.4 Å². The van der Waals surface area contributed by atoms with Crippen LogP contribution in [-0.2, 0) is 15.7 Å². The highest BCUT2D eigenvalue weighted by molar-refractivity contribution is 8.13. The lowest BCUT2D eigenvalue weighted by molar-refractivity contribution is 0.295. The van der Waals surface area contributed by atoms with Crippen molar-refractivity contribution in [1.82, 2.24) is 0 Å². The normalized spacial score (nSPS) is 11.4. The molecule has 0 unspecified atom stereocenters. The minimum atomic E-state index is -3.78. The summed E-state index contributed by atoms with van der Waals surface area (Å²) in [5, 5.41) is 0. The summed E-state index contributed by atoms with van der Waals surface area (Å²) in [6.45, 7) is 3.51. The molecule has 0 aliphatic rings. The molecule has 2 aromatic rings. The molecule has 0 aliphatic carbocycles. The number of hydrogen-bond donors (Lipinski definition) is 0. The molecule has 0 aromatic heterocycles. The predicted molar refractivity (Wildman–Crippen MR) is 79.7 cm³/mol. The summed E-state index contributed by atoms with van der Waals surface area (Å²) in [5.41, 5.74) is 1.70. The molecule has 0 heterocycles. The van der Waals surface area contributed by atoms with Crippen LogP contribution in [0.3, 0.4) is 0 Å². The second kappa shape index (κ2) is 6.03. The Kier molecular flexibility index (Phi) is 4.54. The van der Waals surface area contributed by atoms with Gasteiger partial charge in [0.1, 0.15) is 18.2 Å². The third-order valence-electron chi connectivity index (χ3n) is 3.05. The standard InChI is InChI=1S/C15H14ClFO3S/c1-10-7-13(21(16,18)19)8-11(2)15(10)20-9-12-5-3-4-6-14(12)17/h3-8H,9H2,1-2H3. The van der Waals surface area contributed by atoms with Gasteiger partial charge in [0.25, 0.3) is 9.05 Å². The smallest absolute Gasteiger partial charge is 0.261 e. The van der Waals surface area contributed by atoms with Crippen LogP contribution in [0, 0.1) is 19.7 Å². The molecule has 112 valence electrons. The van der Waals surface area contributed by atoms with Gasteiger partial charge in [0, 0.05) is 16.2 Å². The highest BCUT2D eigenvalue weighted by atomic mass is 35.7. The van der Waals surface area contributed by atoms with E-state index in [1.54, 1.807) is 32.0 Å². The largest absolute Gasteiger partial charge is 0.488 e. The lowest BCUT2D eigenvalue weighted by Gasteiger charge is -2.13. The first-order valence-corrected chi connectivity index (χ1v) is 8.52. The van der Waals surface area contributed by atoms with Gasteiger partial charge in [-0.1, -0.05) is 18.2 Å². The van der Waals surface area contributed by atoms with E-state index in [1.165, 1.54) is 18.2 Å². The van der Waals surface area contributed by atoms with Crippen molar-refractivity contribution in [2.45, 2.75) is 25.3 Å². The van der Waals surface area contributed by atoms with Crippen molar-refractivity contribution in [3.63, 3.8) is 0 Å². The summed E-state index contributed by atoms with van der Waals surface area (Å²) in [5.74, 6) is 0.190. The fourth-order valence-corrected chi connectivity index (χ4v) is 2.95. The van der Waals surface area contributed by atoms with E-state index in [2.05, 4.69) is 0 Å². The van der Waals surface area contributed by atoms with Crippen molar-refractivity contribution in [3.05, 3.63) is 58.9 Å². The summed E-state index contributed by atoms with van der Waals surface area (Å²) in [6, 6.07) is 9.21. The van der Waals surface area contributed by atoms with E-state index < -0.39 is 9.05 Å². The lowest BCUT2D eigenvalue weighted by atomic mass is 10.1. The predicted octanol–water partition coefficient (Wildman–Crippen LogP) is 3.95. The van der Waals surface area contributed by atoms with Crippen LogP contribution >= 0.6 is 10.7 Å². The minimum Gasteiger partial charge on any atom is -0.488 e. The molecule has 0 aliphatic heterocycles. The van der Waals surface area contributed by atoms with Gasteiger partial charge in [-0.05, 0) is 43.2 Å². The Labute approximate surface area is 127 Å². The van der Waals surface area contributed by atoms with Crippen LogP contribution in [-0.4, -0.2) is 8.42 Å². The fourth-order valence-electron chi connectivity index (χ4n) is 2.04. The van der Waals surface area contributed by atoms with Crippen molar-refractivity contribution in [1.29, 1.82) is 0 Å². The van der Waals surface area contributed by atoms with Gasteiger partial charge in [0.15, 0.2) is 0 Å². The van der Waals surface area contributed by atoms with Crippen molar-refractivity contribution in [2.75, 3.05) is 0 Å². The van der Waals surface area contributed by atoms with Crippen LogP contribution in [0.4, 0.5) is 4.39 Å². The molecule has 0 atom stereocenters. The van der Waals surface area contributed by atoms with E-state index in [1.807, 2.05) is 0 Å². The summed E-state index contributed by atoms with van der Waals surface area (Å²) < 4.78 is 41.9. The van der Waals surface area contributed by atoms with E-state index in [9.17, 15) is 12.8 Å². The molecule has 0 bridgehead atoms. The molecule has 0 radical (unpaired) electrons. The monoisotopic (exact) mass is 328 g/mol. The van der Waals surface area contributed by atoms with Gasteiger partial charge in [-0.25, -0.2) is 12.8 Å². The van der Waals surface area contributed by atoms with Gasteiger partial charge in [0.05, 0.1) is 4.90 Å². The average molecular weight is 329 g/mol. The fraction of sp³-hybridized carbons (Fsp3) is 0.200. The lowest BCUT2D eigenvalue weighted by Crippen LogP contribution is -2.02. The van der Waals surface area contributed by atoms with Crippen LogP contribution in [0.2, 0.25) is 0 Å². The first-order valence-electron chi connectivity index (χ1n) is 6.21. The Morgan fingerprint density at radius 3 is 2.24 bits per heavy atom. The molecule has 2 aromatic carbocycles. The molecule has 0 amide bonds. The van der Waals surface area contributed by atoms with Crippen LogP contribution in [0.15, 0.2) is 41.3 Å². The first-order chi connectivity index (χ1) is 9.79. The van der Waals surface area contributed by atoms with E-state index in [0.29, 0.717) is 22.4 Å². The van der Waals surface area contributed by atoms with Crippen LogP contribution in [0.1, 0.15) is 16.7 Å². The molecule has 0 N–H and O–H groups in total. The van der Waals surface area contributed by atoms with Gasteiger partial charge in [0.2, 0.25) is 0 Å². The second-order valence-corrected chi connectivity index (χ2v) is 7.27. The van der Waals surface area contributed by atoms with Crippen LogP contribution in [0.25, 0.3) is 0 Å². The zero-order chi connectivity index (χ0) is 15.6. The highest BCUT2D eigenvalue weighted by Crippen LogP contribution is 2.29. The second-order valence-electron chi connectivity index (χ2n) is 4.70. The Bertz CT molecular complexity index is 749. The molecule has 3 nitrogen and oxygen atoms in total. The van der Waals surface area contributed by atoms with Gasteiger partial charge in [-0.2, -0.15) is 0 Å². The molecule has 0 saturated carbocycles. The number of aryl methyl sites for hydroxylation is 2. The van der Waals surface area contributed by atoms with Crippen LogP contribution in [0.5, 0.6) is 5.75 Å². The maximum absolute atomic E-state index is 13.5. The van der Waals surface area contributed by atoms with E-state index in [4.69, 9.17) is 15.4 Å². The molecular formula is C15H14ClFO3S. The van der Waals surface area contributed by atoms with Crippen molar-refractivity contribution in [3.8, 4) is 5.75 Å². The third-order valence-corrected chi connectivity index (χ3v) is 4.38. The van der Waals surface area contributed by atoms with E-state index in [0.717, 1.165) is 0 Å². The minimum absolute atomic E-state index is 0.0254. The Morgan fingerprint density at radius 1 is 1.14 bits per heavy atom. The van der Waals surface area contributed by atoms with Crippen molar-refractivity contribution in [2.24, 2.45) is 0 Å². The molecular weight excluding hydrogens is 315 g/mol. The number of halogens is 2. The molecule has 0 spiro atoms. The summed E-state index contributed by atoms with van der Waals surface area (Å²) in [4.78, 5) is 0.0254. The van der Waals surface area contributed by atoms with Gasteiger partial charge in [-0.15, -0.1) is 0 Å². The summed E-state index contributed by atoms with van der Waals surface area (Å²) >= 11 is 0. The molecule has 21 heavy (non-hydrogen) atoms. The van der Waals surface area contributed by atoms with E-state index in [-0.39, 0.29) is 17.3 Å². The maximum Gasteiger partial charge on any atom is 0.261 e. The summed E-state index contributed by atoms with van der Waals surface area (Å²) in [6.07, 6.45) is 0. The third kappa shape index (κ3) is 3.74. The Hall–Kier alpha value is -1.59. The quantitative estimate of drug-likeness (QED) is 0.798. The average Bonchev–Trinajstić information content (AvgIpc) is 2.38. The number of rotatable bonds is 4. The molecule has 6 heteroatoms. The zero-order valence-electron chi connectivity index (χ0n) is 11.6. The van der Waals surface area contributed by atoms with Crippen molar-refractivity contribution < 1.29 is 17.5 Å². The van der Waals surface area contributed by atoms with Gasteiger partial charge >= 0.3 is 0 Å². The van der Waals surface area contributed by atoms with Crippen molar-refractivity contribution >= 4 is 19.7 Å². The molecule has 2 rings (SSSR count). The zero-order valence-corrected chi connectivity index (χ0v) is 13.1.